The lowest BCUT2D eigenvalue weighted by atomic mass is 10.1. The maximum absolute atomic E-state index is 12.0. The van der Waals surface area contributed by atoms with E-state index in [0.717, 1.165) is 11.8 Å². The number of ether oxygens (including phenoxy) is 1. The fourth-order valence-corrected chi connectivity index (χ4v) is 3.59. The van der Waals surface area contributed by atoms with Gasteiger partial charge in [0.15, 0.2) is 15.6 Å². The normalized spacial score (nSPS) is 11.3. The van der Waals surface area contributed by atoms with Crippen molar-refractivity contribution in [3.05, 3.63) is 46.2 Å². The number of rotatable bonds is 3. The standard InChI is InChI=1S/C13H12O4S2/c1-9-5-3-4-6-10(9)13(14)17-11-7-18-8-12(11)19(2,15)16/h3-8H,1-2H3. The average Bonchev–Trinajstić information content (AvgIpc) is 2.77. The number of aryl methyl sites for hydroxylation is 1. The van der Waals surface area contributed by atoms with E-state index in [0.29, 0.717) is 5.56 Å². The molecule has 2 rings (SSSR count). The molecule has 0 spiro atoms. The first kappa shape index (κ1) is 13.8. The van der Waals surface area contributed by atoms with E-state index in [1.54, 1.807) is 25.1 Å². The Morgan fingerprint density at radius 1 is 1.21 bits per heavy atom. The number of hydrogen-bond donors (Lipinski definition) is 0. The molecule has 100 valence electrons. The number of hydrogen-bond acceptors (Lipinski definition) is 5. The number of carbonyl (C=O) groups excluding carboxylic acids is 1. The van der Waals surface area contributed by atoms with Crippen molar-refractivity contribution >= 4 is 27.1 Å². The van der Waals surface area contributed by atoms with Crippen LogP contribution in [0.15, 0.2) is 39.9 Å². The maximum Gasteiger partial charge on any atom is 0.343 e. The minimum atomic E-state index is -3.39. The second kappa shape index (κ2) is 5.14. The minimum Gasteiger partial charge on any atom is -0.421 e. The molecule has 0 saturated heterocycles. The van der Waals surface area contributed by atoms with Crippen LogP contribution in [0.4, 0.5) is 0 Å². The van der Waals surface area contributed by atoms with Crippen LogP contribution in [0.5, 0.6) is 5.75 Å². The van der Waals surface area contributed by atoms with Gasteiger partial charge >= 0.3 is 5.97 Å². The zero-order valence-electron chi connectivity index (χ0n) is 10.4. The molecule has 0 aliphatic carbocycles. The fourth-order valence-electron chi connectivity index (χ4n) is 1.58. The molecular weight excluding hydrogens is 284 g/mol. The Hall–Kier alpha value is -1.66. The van der Waals surface area contributed by atoms with Crippen molar-refractivity contribution in [2.45, 2.75) is 11.8 Å². The molecule has 19 heavy (non-hydrogen) atoms. The van der Waals surface area contributed by atoms with E-state index in [1.165, 1.54) is 22.1 Å². The topological polar surface area (TPSA) is 60.4 Å². The van der Waals surface area contributed by atoms with Crippen LogP contribution in [0.1, 0.15) is 15.9 Å². The Balaban J connectivity index is 2.31. The van der Waals surface area contributed by atoms with E-state index in [2.05, 4.69) is 0 Å². The smallest absolute Gasteiger partial charge is 0.343 e. The lowest BCUT2D eigenvalue weighted by Crippen LogP contribution is -2.11. The van der Waals surface area contributed by atoms with Gasteiger partial charge in [0.1, 0.15) is 4.90 Å². The highest BCUT2D eigenvalue weighted by atomic mass is 32.2. The highest BCUT2D eigenvalue weighted by Gasteiger charge is 2.19. The summed E-state index contributed by atoms with van der Waals surface area (Å²) < 4.78 is 28.2. The first-order valence-corrected chi connectivity index (χ1v) is 8.27. The summed E-state index contributed by atoms with van der Waals surface area (Å²) >= 11 is 1.18. The van der Waals surface area contributed by atoms with E-state index in [9.17, 15) is 13.2 Å². The third kappa shape index (κ3) is 3.02. The van der Waals surface area contributed by atoms with Crippen LogP contribution >= 0.6 is 11.3 Å². The molecule has 0 saturated carbocycles. The SMILES string of the molecule is Cc1ccccc1C(=O)Oc1cscc1S(C)(=O)=O. The molecule has 0 aliphatic heterocycles. The van der Waals surface area contributed by atoms with Crippen molar-refractivity contribution in [3.8, 4) is 5.75 Å². The Labute approximate surface area is 115 Å². The molecular formula is C13H12O4S2. The van der Waals surface area contributed by atoms with E-state index in [1.807, 2.05) is 6.07 Å². The van der Waals surface area contributed by atoms with Crippen molar-refractivity contribution in [3.63, 3.8) is 0 Å². The Bertz CT molecular complexity index is 714. The Morgan fingerprint density at radius 3 is 2.53 bits per heavy atom. The second-order valence-electron chi connectivity index (χ2n) is 4.08. The number of thiophene rings is 1. The van der Waals surface area contributed by atoms with Crippen LogP contribution in [-0.4, -0.2) is 20.6 Å². The van der Waals surface area contributed by atoms with Crippen LogP contribution in [0.2, 0.25) is 0 Å². The molecule has 6 heteroatoms. The molecule has 1 aromatic carbocycles. The highest BCUT2D eigenvalue weighted by Crippen LogP contribution is 2.29. The van der Waals surface area contributed by atoms with Crippen molar-refractivity contribution in [2.75, 3.05) is 6.26 Å². The van der Waals surface area contributed by atoms with Crippen LogP contribution in [0, 0.1) is 6.92 Å². The van der Waals surface area contributed by atoms with Gasteiger partial charge in [0.25, 0.3) is 0 Å². The monoisotopic (exact) mass is 296 g/mol. The summed E-state index contributed by atoms with van der Waals surface area (Å²) in [5.74, 6) is -0.470. The predicted molar refractivity (Wildman–Crippen MR) is 73.6 cm³/mol. The van der Waals surface area contributed by atoms with Crippen molar-refractivity contribution in [1.82, 2.24) is 0 Å². The van der Waals surface area contributed by atoms with Crippen LogP contribution in [0.25, 0.3) is 0 Å². The predicted octanol–water partition coefficient (Wildman–Crippen LogP) is 2.68. The van der Waals surface area contributed by atoms with E-state index < -0.39 is 15.8 Å². The van der Waals surface area contributed by atoms with Gasteiger partial charge in [-0.15, -0.1) is 11.3 Å². The van der Waals surface area contributed by atoms with Gasteiger partial charge in [-0.25, -0.2) is 13.2 Å². The van der Waals surface area contributed by atoms with Gasteiger partial charge in [0.05, 0.1) is 5.56 Å². The molecule has 4 nitrogen and oxygen atoms in total. The largest absolute Gasteiger partial charge is 0.421 e. The van der Waals surface area contributed by atoms with Crippen molar-refractivity contribution in [1.29, 1.82) is 0 Å². The number of carbonyl (C=O) groups is 1. The molecule has 0 aliphatic rings. The van der Waals surface area contributed by atoms with Gasteiger partial charge in [-0.1, -0.05) is 18.2 Å². The highest BCUT2D eigenvalue weighted by molar-refractivity contribution is 7.91. The third-order valence-electron chi connectivity index (χ3n) is 2.56. The molecule has 2 aromatic rings. The lowest BCUT2D eigenvalue weighted by molar-refractivity contribution is 0.0730. The molecule has 1 aromatic heterocycles. The summed E-state index contributed by atoms with van der Waals surface area (Å²) in [5, 5.41) is 2.96. The summed E-state index contributed by atoms with van der Waals surface area (Å²) in [6.07, 6.45) is 1.08. The first-order chi connectivity index (χ1) is 8.89. The van der Waals surface area contributed by atoms with Crippen molar-refractivity contribution < 1.29 is 17.9 Å². The molecule has 0 amide bonds. The lowest BCUT2D eigenvalue weighted by Gasteiger charge is -2.06. The molecule has 1 heterocycles. The Morgan fingerprint density at radius 2 is 1.89 bits per heavy atom. The van der Waals surface area contributed by atoms with Gasteiger partial charge < -0.3 is 4.74 Å². The molecule has 0 unspecified atom stereocenters. The van der Waals surface area contributed by atoms with E-state index >= 15 is 0 Å². The molecule has 0 bridgehead atoms. The molecule has 0 fully saturated rings. The zero-order valence-corrected chi connectivity index (χ0v) is 12.0. The van der Waals surface area contributed by atoms with Crippen LogP contribution < -0.4 is 4.74 Å². The summed E-state index contributed by atoms with van der Waals surface area (Å²) in [6, 6.07) is 6.99. The quantitative estimate of drug-likeness (QED) is 0.817. The number of benzene rings is 1. The van der Waals surface area contributed by atoms with E-state index in [4.69, 9.17) is 4.74 Å². The zero-order chi connectivity index (χ0) is 14.0. The average molecular weight is 296 g/mol. The van der Waals surface area contributed by atoms with Gasteiger partial charge in [-0.05, 0) is 18.6 Å². The molecule has 0 radical (unpaired) electrons. The maximum atomic E-state index is 12.0. The third-order valence-corrected chi connectivity index (χ3v) is 4.55. The fraction of sp³-hybridized carbons (Fsp3) is 0.154. The number of esters is 1. The van der Waals surface area contributed by atoms with Gasteiger partial charge in [-0.2, -0.15) is 0 Å². The van der Waals surface area contributed by atoms with Gasteiger partial charge in [0, 0.05) is 17.0 Å². The van der Waals surface area contributed by atoms with Gasteiger partial charge in [0.2, 0.25) is 0 Å². The summed E-state index contributed by atoms with van der Waals surface area (Å²) in [4.78, 5) is 12.0. The number of sulfone groups is 1. The molecule has 0 N–H and O–H groups in total. The minimum absolute atomic E-state index is 0.0411. The second-order valence-corrected chi connectivity index (χ2v) is 6.80. The van der Waals surface area contributed by atoms with E-state index in [-0.39, 0.29) is 10.6 Å². The first-order valence-electron chi connectivity index (χ1n) is 5.43. The summed E-state index contributed by atoms with van der Waals surface area (Å²) in [5.41, 5.74) is 1.21. The summed E-state index contributed by atoms with van der Waals surface area (Å²) in [7, 11) is -3.39. The van der Waals surface area contributed by atoms with Crippen LogP contribution in [-0.2, 0) is 9.84 Å². The molecule has 0 atom stereocenters. The van der Waals surface area contributed by atoms with Crippen LogP contribution in [0.3, 0.4) is 0 Å². The Kier molecular flexibility index (Phi) is 3.73. The van der Waals surface area contributed by atoms with Crippen molar-refractivity contribution in [2.24, 2.45) is 0 Å². The van der Waals surface area contributed by atoms with Gasteiger partial charge in [-0.3, -0.25) is 0 Å². The summed E-state index contributed by atoms with van der Waals surface area (Å²) in [6.45, 7) is 1.79.